The average molecular weight is 892 g/mol. The number of hydrogen-bond acceptors (Lipinski definition) is 4. The van der Waals surface area contributed by atoms with Crippen molar-refractivity contribution in [3.8, 4) is 84.3 Å². The Balaban J connectivity index is 1.05. The first-order valence-corrected chi connectivity index (χ1v) is 23.5. The highest BCUT2D eigenvalue weighted by Gasteiger charge is 2.18. The standard InChI is InChI=1S/C65H52N4/c1-44-11-10-12-45(2)65(44)60-41-64(69-43-46(60)3)55-33-34-59(61(40-55)52-27-25-49(42-66)26-28-52)58-14-5-4-13-57(58)56-38-50(19-17-47-21-29-53(30-22-47)62-15-6-8-35-67-62)37-51(39-56)20-18-48-23-31-54(32-24-48)63-16-7-9-36-68-63/h4-16,21-41,43H,17-20H2,1-3H3/i3D3. The van der Waals surface area contributed by atoms with Gasteiger partial charge >= 0.3 is 0 Å². The van der Waals surface area contributed by atoms with Crippen LogP contribution in [-0.4, -0.2) is 15.0 Å². The lowest BCUT2D eigenvalue weighted by Gasteiger charge is -2.18. The van der Waals surface area contributed by atoms with E-state index in [-0.39, 0.29) is 5.56 Å². The molecule has 0 aliphatic carbocycles. The van der Waals surface area contributed by atoms with Gasteiger partial charge in [-0.15, -0.1) is 0 Å². The quantitative estimate of drug-likeness (QED) is 0.116. The molecule has 0 bridgehead atoms. The Morgan fingerprint density at radius 2 is 0.928 bits per heavy atom. The molecule has 3 heterocycles. The topological polar surface area (TPSA) is 62.5 Å². The molecule has 0 fully saturated rings. The molecule has 0 saturated carbocycles. The van der Waals surface area contributed by atoms with Crippen molar-refractivity contribution >= 4 is 0 Å². The number of rotatable bonds is 13. The van der Waals surface area contributed by atoms with Gasteiger partial charge in [-0.2, -0.15) is 5.26 Å². The smallest absolute Gasteiger partial charge is 0.0991 e. The number of nitriles is 1. The van der Waals surface area contributed by atoms with Crippen LogP contribution in [0.5, 0.6) is 0 Å². The highest BCUT2D eigenvalue weighted by molar-refractivity contribution is 5.94. The predicted octanol–water partition coefficient (Wildman–Crippen LogP) is 15.9. The summed E-state index contributed by atoms with van der Waals surface area (Å²) < 4.78 is 25.4. The van der Waals surface area contributed by atoms with Crippen LogP contribution in [0.25, 0.3) is 78.3 Å². The van der Waals surface area contributed by atoms with Crippen LogP contribution in [0.15, 0.2) is 213 Å². The summed E-state index contributed by atoms with van der Waals surface area (Å²) in [5.41, 5.74) is 21.4. The Kier molecular flexibility index (Phi) is 11.9. The minimum atomic E-state index is -2.36. The van der Waals surface area contributed by atoms with Gasteiger partial charge in [-0.3, -0.25) is 15.0 Å². The molecule has 0 amide bonds. The molecule has 0 aliphatic rings. The maximum absolute atomic E-state index is 9.78. The first-order valence-electron chi connectivity index (χ1n) is 25.0. The van der Waals surface area contributed by atoms with Gasteiger partial charge < -0.3 is 0 Å². The molecule has 0 unspecified atom stereocenters. The third kappa shape index (κ3) is 9.96. The van der Waals surface area contributed by atoms with E-state index < -0.39 is 6.85 Å². The number of benzene rings is 7. The zero-order chi connectivity index (χ0) is 49.6. The number of nitrogens with zero attached hydrogens (tertiary/aromatic N) is 4. The molecule has 0 atom stereocenters. The Hall–Kier alpha value is -8.52. The molecule has 332 valence electrons. The fourth-order valence-electron chi connectivity index (χ4n) is 9.47. The molecule has 69 heavy (non-hydrogen) atoms. The fraction of sp³-hybridized carbons (Fsp3) is 0.108. The summed E-state index contributed by atoms with van der Waals surface area (Å²) in [7, 11) is 0. The van der Waals surface area contributed by atoms with Crippen LogP contribution >= 0.6 is 0 Å². The Morgan fingerprint density at radius 1 is 0.391 bits per heavy atom. The van der Waals surface area contributed by atoms with E-state index in [0.717, 1.165) is 104 Å². The van der Waals surface area contributed by atoms with Gasteiger partial charge in [-0.1, -0.05) is 146 Å². The van der Waals surface area contributed by atoms with Crippen molar-refractivity contribution in [1.29, 1.82) is 5.26 Å². The number of aromatic nitrogens is 3. The zero-order valence-corrected chi connectivity index (χ0v) is 38.8. The molecule has 0 saturated heterocycles. The largest absolute Gasteiger partial charge is 0.256 e. The van der Waals surface area contributed by atoms with E-state index in [2.05, 4.69) is 125 Å². The zero-order valence-electron chi connectivity index (χ0n) is 41.8. The molecule has 4 heteroatoms. The summed E-state index contributed by atoms with van der Waals surface area (Å²) in [4.78, 5) is 13.9. The van der Waals surface area contributed by atoms with Gasteiger partial charge in [0.2, 0.25) is 0 Å². The van der Waals surface area contributed by atoms with E-state index in [0.29, 0.717) is 16.8 Å². The lowest BCUT2D eigenvalue weighted by Crippen LogP contribution is -1.98. The molecule has 7 aromatic carbocycles. The van der Waals surface area contributed by atoms with Gasteiger partial charge in [0.05, 0.1) is 28.7 Å². The molecule has 4 nitrogen and oxygen atoms in total. The average Bonchev–Trinajstić information content (AvgIpc) is 3.42. The molecule has 3 aromatic heterocycles. The van der Waals surface area contributed by atoms with E-state index in [1.165, 1.54) is 28.5 Å². The molecule has 0 N–H and O–H groups in total. The normalized spacial score (nSPS) is 11.9. The van der Waals surface area contributed by atoms with Gasteiger partial charge in [-0.05, 0) is 178 Å². The fourth-order valence-corrected chi connectivity index (χ4v) is 9.47. The van der Waals surface area contributed by atoms with E-state index >= 15 is 0 Å². The Labute approximate surface area is 410 Å². The Bertz CT molecular complexity index is 3440. The summed E-state index contributed by atoms with van der Waals surface area (Å²) >= 11 is 0. The van der Waals surface area contributed by atoms with Crippen LogP contribution in [0.1, 0.15) is 48.6 Å². The highest BCUT2D eigenvalue weighted by Crippen LogP contribution is 2.42. The molecule has 0 radical (unpaired) electrons. The third-order valence-electron chi connectivity index (χ3n) is 13.1. The van der Waals surface area contributed by atoms with Gasteiger partial charge in [0.15, 0.2) is 0 Å². The minimum Gasteiger partial charge on any atom is -0.256 e. The van der Waals surface area contributed by atoms with Crippen molar-refractivity contribution in [1.82, 2.24) is 15.0 Å². The number of pyridine rings is 3. The van der Waals surface area contributed by atoms with Crippen LogP contribution < -0.4 is 0 Å². The van der Waals surface area contributed by atoms with Crippen LogP contribution in [0, 0.1) is 32.0 Å². The van der Waals surface area contributed by atoms with Gasteiger partial charge in [0.1, 0.15) is 0 Å². The summed E-state index contributed by atoms with van der Waals surface area (Å²) in [6.45, 7) is 1.68. The van der Waals surface area contributed by atoms with Crippen molar-refractivity contribution in [2.45, 2.75) is 46.4 Å². The SMILES string of the molecule is [2H]C([2H])([2H])c1cnc(-c2ccc(-c3ccccc3-c3cc(CCc4ccc(-c5ccccn5)cc4)cc(CCc4ccc(-c5ccccn5)cc4)c3)c(-c3ccc(C#N)cc3)c2)cc1-c1c(C)cccc1C. The number of hydrogen-bond donors (Lipinski definition) is 0. The van der Waals surface area contributed by atoms with Gasteiger partial charge in [-0.25, -0.2) is 0 Å². The highest BCUT2D eigenvalue weighted by atomic mass is 14.7. The summed E-state index contributed by atoms with van der Waals surface area (Å²) in [6.07, 6.45) is 8.70. The van der Waals surface area contributed by atoms with Crippen molar-refractivity contribution < 1.29 is 4.11 Å². The Morgan fingerprint density at radius 3 is 1.49 bits per heavy atom. The van der Waals surface area contributed by atoms with Gasteiger partial charge in [0, 0.05) is 39.4 Å². The first-order chi connectivity index (χ1) is 35.1. The maximum atomic E-state index is 9.78. The number of aryl methyl sites for hydroxylation is 7. The van der Waals surface area contributed by atoms with Crippen molar-refractivity contribution in [3.05, 3.63) is 257 Å². The monoisotopic (exact) mass is 891 g/mol. The van der Waals surface area contributed by atoms with Gasteiger partial charge in [0.25, 0.3) is 0 Å². The lowest BCUT2D eigenvalue weighted by atomic mass is 9.86. The molecular formula is C65H52N4. The molecule has 0 spiro atoms. The maximum Gasteiger partial charge on any atom is 0.0991 e. The molecular weight excluding hydrogens is 837 g/mol. The first kappa shape index (κ1) is 40.7. The summed E-state index contributed by atoms with van der Waals surface area (Å²) in [5, 5.41) is 9.78. The van der Waals surface area contributed by atoms with E-state index in [1.54, 1.807) is 0 Å². The van der Waals surface area contributed by atoms with Crippen molar-refractivity contribution in [2.75, 3.05) is 0 Å². The van der Waals surface area contributed by atoms with Crippen LogP contribution in [0.3, 0.4) is 0 Å². The lowest BCUT2D eigenvalue weighted by molar-refractivity contribution is 0.931. The second-order valence-corrected chi connectivity index (χ2v) is 17.7. The molecule has 10 aromatic rings. The van der Waals surface area contributed by atoms with Crippen molar-refractivity contribution in [2.24, 2.45) is 0 Å². The van der Waals surface area contributed by atoms with E-state index in [1.807, 2.05) is 111 Å². The minimum absolute atomic E-state index is 0.222. The summed E-state index contributed by atoms with van der Waals surface area (Å²) in [5.74, 6) is 0. The second kappa shape index (κ2) is 20.1. The van der Waals surface area contributed by atoms with Crippen LogP contribution in [0.2, 0.25) is 0 Å². The molecule has 0 aliphatic heterocycles. The van der Waals surface area contributed by atoms with E-state index in [4.69, 9.17) is 9.10 Å². The second-order valence-electron chi connectivity index (χ2n) is 17.7. The third-order valence-corrected chi connectivity index (χ3v) is 13.1. The molecule has 10 rings (SSSR count). The predicted molar refractivity (Wildman–Crippen MR) is 285 cm³/mol. The van der Waals surface area contributed by atoms with Crippen LogP contribution in [0.4, 0.5) is 0 Å². The van der Waals surface area contributed by atoms with E-state index in [9.17, 15) is 5.26 Å². The van der Waals surface area contributed by atoms with Crippen LogP contribution in [-0.2, 0) is 25.7 Å². The van der Waals surface area contributed by atoms with Crippen molar-refractivity contribution in [3.63, 3.8) is 0 Å². The summed E-state index contributed by atoms with van der Waals surface area (Å²) in [6, 6.07) is 69.6.